The van der Waals surface area contributed by atoms with Crippen molar-refractivity contribution in [2.75, 3.05) is 11.9 Å². The maximum absolute atomic E-state index is 13.3. The van der Waals surface area contributed by atoms with Crippen LogP contribution in [-0.4, -0.2) is 22.9 Å². The standard InChI is InChI=1S/C24H22N2O4/c1-2-30-18-13-11-16(12-14-18)25-23(28)20-15-19-21(9-6-10-22(19)27)26(24(20)29)17-7-4-3-5-8-17/h3-5,7-8,11-15H,2,6,9-10H2,1H3,(H,25,28). The van der Waals surface area contributed by atoms with Crippen LogP contribution in [0.25, 0.3) is 5.69 Å². The number of aromatic nitrogens is 1. The summed E-state index contributed by atoms with van der Waals surface area (Å²) in [6.45, 7) is 2.44. The second kappa shape index (κ2) is 8.37. The molecule has 0 saturated heterocycles. The van der Waals surface area contributed by atoms with Gasteiger partial charge < -0.3 is 10.1 Å². The smallest absolute Gasteiger partial charge is 0.268 e. The number of carbonyl (C=O) groups excluding carboxylic acids is 2. The third-order valence-corrected chi connectivity index (χ3v) is 5.10. The number of ketones is 1. The van der Waals surface area contributed by atoms with E-state index < -0.39 is 11.5 Å². The number of amides is 1. The summed E-state index contributed by atoms with van der Waals surface area (Å²) < 4.78 is 6.90. The summed E-state index contributed by atoms with van der Waals surface area (Å²) in [4.78, 5) is 38.8. The van der Waals surface area contributed by atoms with E-state index in [-0.39, 0.29) is 11.3 Å². The van der Waals surface area contributed by atoms with Crippen LogP contribution in [0.3, 0.4) is 0 Å². The lowest BCUT2D eigenvalue weighted by molar-refractivity contribution is 0.0971. The molecular formula is C24H22N2O4. The van der Waals surface area contributed by atoms with Crippen LogP contribution in [0.15, 0.2) is 65.5 Å². The van der Waals surface area contributed by atoms with Crippen molar-refractivity contribution in [3.63, 3.8) is 0 Å². The molecule has 1 amide bonds. The van der Waals surface area contributed by atoms with Gasteiger partial charge in [-0.15, -0.1) is 0 Å². The first-order valence-corrected chi connectivity index (χ1v) is 10.00. The summed E-state index contributed by atoms with van der Waals surface area (Å²) in [6.07, 6.45) is 1.72. The van der Waals surface area contributed by atoms with Crippen LogP contribution in [0.2, 0.25) is 0 Å². The Bertz CT molecular complexity index is 1150. The van der Waals surface area contributed by atoms with E-state index in [1.54, 1.807) is 36.4 Å². The number of hydrogen-bond donors (Lipinski definition) is 1. The van der Waals surface area contributed by atoms with Gasteiger partial charge in [0.2, 0.25) is 0 Å². The fourth-order valence-corrected chi connectivity index (χ4v) is 3.70. The Balaban J connectivity index is 1.76. The van der Waals surface area contributed by atoms with E-state index in [0.717, 1.165) is 0 Å². The molecule has 6 heteroatoms. The van der Waals surface area contributed by atoms with Crippen LogP contribution in [0.4, 0.5) is 5.69 Å². The van der Waals surface area contributed by atoms with Gasteiger partial charge in [0.1, 0.15) is 11.3 Å². The molecule has 152 valence electrons. The zero-order valence-electron chi connectivity index (χ0n) is 16.7. The molecule has 4 rings (SSSR count). The number of nitrogens with one attached hydrogen (secondary N) is 1. The van der Waals surface area contributed by atoms with Gasteiger partial charge in [-0.1, -0.05) is 18.2 Å². The van der Waals surface area contributed by atoms with E-state index in [2.05, 4.69) is 5.32 Å². The van der Waals surface area contributed by atoms with Gasteiger partial charge in [0, 0.05) is 29.1 Å². The summed E-state index contributed by atoms with van der Waals surface area (Å²) >= 11 is 0. The summed E-state index contributed by atoms with van der Waals surface area (Å²) in [5.41, 5.74) is 1.81. The quantitative estimate of drug-likeness (QED) is 0.700. The van der Waals surface area contributed by atoms with E-state index in [4.69, 9.17) is 4.74 Å². The highest BCUT2D eigenvalue weighted by atomic mass is 16.5. The molecular weight excluding hydrogens is 380 g/mol. The Kier molecular flexibility index (Phi) is 5.48. The van der Waals surface area contributed by atoms with Crippen LogP contribution >= 0.6 is 0 Å². The van der Waals surface area contributed by atoms with Gasteiger partial charge in [-0.05, 0) is 62.2 Å². The second-order valence-electron chi connectivity index (χ2n) is 7.08. The molecule has 0 fully saturated rings. The lowest BCUT2D eigenvalue weighted by Crippen LogP contribution is -2.33. The zero-order chi connectivity index (χ0) is 21.1. The molecule has 6 nitrogen and oxygen atoms in total. The summed E-state index contributed by atoms with van der Waals surface area (Å²) in [5, 5.41) is 2.75. The van der Waals surface area contributed by atoms with E-state index in [1.807, 2.05) is 25.1 Å². The Morgan fingerprint density at radius 1 is 1.03 bits per heavy atom. The molecule has 0 bridgehead atoms. The lowest BCUT2D eigenvalue weighted by atomic mass is 9.92. The van der Waals surface area contributed by atoms with E-state index in [9.17, 15) is 14.4 Å². The Hall–Kier alpha value is -3.67. The number of hydrogen-bond acceptors (Lipinski definition) is 4. The number of benzene rings is 2. The molecule has 30 heavy (non-hydrogen) atoms. The summed E-state index contributed by atoms with van der Waals surface area (Å²) in [5.74, 6) is 0.104. The molecule has 2 aromatic carbocycles. The number of para-hydroxylation sites is 1. The maximum Gasteiger partial charge on any atom is 0.268 e. The normalized spacial score (nSPS) is 12.9. The van der Waals surface area contributed by atoms with Crippen LogP contribution in [-0.2, 0) is 6.42 Å². The average Bonchev–Trinajstić information content (AvgIpc) is 2.76. The molecule has 0 atom stereocenters. The van der Waals surface area contributed by atoms with Gasteiger partial charge in [-0.2, -0.15) is 0 Å². The number of ether oxygens (including phenoxy) is 1. The Labute approximate surface area is 174 Å². The van der Waals surface area contributed by atoms with Crippen LogP contribution in [0.5, 0.6) is 5.75 Å². The number of carbonyl (C=O) groups is 2. The maximum atomic E-state index is 13.3. The minimum Gasteiger partial charge on any atom is -0.494 e. The van der Waals surface area contributed by atoms with Crippen LogP contribution in [0.1, 0.15) is 46.2 Å². The predicted octanol–water partition coefficient (Wildman–Crippen LogP) is 4.01. The van der Waals surface area contributed by atoms with Crippen molar-refractivity contribution >= 4 is 17.4 Å². The number of anilines is 1. The first-order chi connectivity index (χ1) is 14.6. The van der Waals surface area contributed by atoms with Crippen LogP contribution < -0.4 is 15.6 Å². The van der Waals surface area contributed by atoms with Crippen molar-refractivity contribution in [2.24, 2.45) is 0 Å². The third-order valence-electron chi connectivity index (χ3n) is 5.10. The second-order valence-corrected chi connectivity index (χ2v) is 7.08. The summed E-state index contributed by atoms with van der Waals surface area (Å²) in [7, 11) is 0. The fraction of sp³-hybridized carbons (Fsp3) is 0.208. The van der Waals surface area contributed by atoms with Crippen molar-refractivity contribution in [1.29, 1.82) is 0 Å². The highest BCUT2D eigenvalue weighted by Gasteiger charge is 2.26. The van der Waals surface area contributed by atoms with Gasteiger partial charge in [0.15, 0.2) is 5.78 Å². The molecule has 1 heterocycles. The number of rotatable bonds is 5. The van der Waals surface area contributed by atoms with Gasteiger partial charge in [0.05, 0.1) is 6.61 Å². The first-order valence-electron chi connectivity index (χ1n) is 10.00. The summed E-state index contributed by atoms with van der Waals surface area (Å²) in [6, 6.07) is 17.5. The molecule has 0 spiro atoms. The van der Waals surface area contributed by atoms with Crippen molar-refractivity contribution in [1.82, 2.24) is 4.57 Å². The lowest BCUT2D eigenvalue weighted by Gasteiger charge is -2.21. The van der Waals surface area contributed by atoms with E-state index in [0.29, 0.717) is 54.3 Å². The number of pyridine rings is 1. The SMILES string of the molecule is CCOc1ccc(NC(=O)c2cc3c(n(-c4ccccc4)c2=O)CCCC3=O)cc1. The fourth-order valence-electron chi connectivity index (χ4n) is 3.70. The Morgan fingerprint density at radius 3 is 2.47 bits per heavy atom. The highest BCUT2D eigenvalue weighted by Crippen LogP contribution is 2.24. The molecule has 1 aliphatic rings. The Morgan fingerprint density at radius 2 is 1.77 bits per heavy atom. The van der Waals surface area contributed by atoms with Gasteiger partial charge in [0.25, 0.3) is 11.5 Å². The third kappa shape index (κ3) is 3.76. The van der Waals surface area contributed by atoms with Gasteiger partial charge in [-0.3, -0.25) is 19.0 Å². The minimum absolute atomic E-state index is 0.0453. The minimum atomic E-state index is -0.546. The van der Waals surface area contributed by atoms with E-state index in [1.165, 1.54) is 10.6 Å². The molecule has 3 aromatic rings. The van der Waals surface area contributed by atoms with Crippen molar-refractivity contribution < 1.29 is 14.3 Å². The van der Waals surface area contributed by atoms with Crippen molar-refractivity contribution in [3.05, 3.63) is 87.8 Å². The molecule has 1 N–H and O–H groups in total. The largest absolute Gasteiger partial charge is 0.494 e. The van der Waals surface area contributed by atoms with Crippen molar-refractivity contribution in [2.45, 2.75) is 26.2 Å². The molecule has 0 unspecified atom stereocenters. The predicted molar refractivity (Wildman–Crippen MR) is 115 cm³/mol. The molecule has 1 aliphatic carbocycles. The monoisotopic (exact) mass is 402 g/mol. The molecule has 0 saturated carbocycles. The van der Waals surface area contributed by atoms with Gasteiger partial charge in [-0.25, -0.2) is 0 Å². The van der Waals surface area contributed by atoms with Crippen molar-refractivity contribution in [3.8, 4) is 11.4 Å². The number of Topliss-reactive ketones (excluding diaryl/α,β-unsaturated/α-hetero) is 1. The first kappa shape index (κ1) is 19.6. The van der Waals surface area contributed by atoms with Gasteiger partial charge >= 0.3 is 0 Å². The highest BCUT2D eigenvalue weighted by molar-refractivity contribution is 6.06. The van der Waals surface area contributed by atoms with E-state index >= 15 is 0 Å². The molecule has 0 radical (unpaired) electrons. The number of fused-ring (bicyclic) bond motifs is 1. The zero-order valence-corrected chi connectivity index (χ0v) is 16.7. The molecule has 1 aromatic heterocycles. The average molecular weight is 402 g/mol. The van der Waals surface area contributed by atoms with Crippen LogP contribution in [0, 0.1) is 0 Å². The topological polar surface area (TPSA) is 77.4 Å². The molecule has 0 aliphatic heterocycles. The number of nitrogens with zero attached hydrogens (tertiary/aromatic N) is 1.